The Kier molecular flexibility index (Phi) is 8.12. The number of hydrogen-bond donors (Lipinski definition) is 0. The first-order valence-corrected chi connectivity index (χ1v) is 17.2. The van der Waals surface area contributed by atoms with Crippen LogP contribution in [-0.4, -0.2) is 39.0 Å². The largest absolute Gasteiger partial charge is 0.406 e. The van der Waals surface area contributed by atoms with Crippen molar-refractivity contribution in [3.05, 3.63) is 139 Å². The molecule has 0 aromatic heterocycles. The SMILES string of the molecule is CC(C)(C)[Si](OC[C@@H]1C[C@@H]2CCN1C[C@H]2C=C(c1ccccc1)c1ccccc1)(c1ccccc1)c1ccccc1. The lowest BCUT2D eigenvalue weighted by Crippen LogP contribution is -2.68. The fourth-order valence-corrected chi connectivity index (χ4v) is 11.9. The number of piperidine rings is 3. The van der Waals surface area contributed by atoms with Gasteiger partial charge in [0.1, 0.15) is 0 Å². The summed E-state index contributed by atoms with van der Waals surface area (Å²) in [6.45, 7) is 10.2. The molecule has 2 nitrogen and oxygen atoms in total. The van der Waals surface area contributed by atoms with Gasteiger partial charge in [0.2, 0.25) is 0 Å². The van der Waals surface area contributed by atoms with E-state index in [1.165, 1.54) is 46.5 Å². The molecule has 0 spiro atoms. The van der Waals surface area contributed by atoms with Crippen molar-refractivity contribution in [3.8, 4) is 0 Å². The van der Waals surface area contributed by atoms with Crippen LogP contribution in [-0.2, 0) is 4.43 Å². The molecule has 3 heterocycles. The molecule has 0 saturated carbocycles. The van der Waals surface area contributed by atoms with Gasteiger partial charge in [0.15, 0.2) is 0 Å². The third-order valence-electron chi connectivity index (χ3n) is 9.39. The lowest BCUT2D eigenvalue weighted by molar-refractivity contribution is -0.00314. The van der Waals surface area contributed by atoms with Gasteiger partial charge in [0.05, 0.1) is 6.61 Å². The highest BCUT2D eigenvalue weighted by molar-refractivity contribution is 6.99. The van der Waals surface area contributed by atoms with E-state index in [4.69, 9.17) is 4.43 Å². The molecule has 4 aromatic carbocycles. The van der Waals surface area contributed by atoms with Crippen LogP contribution in [0.5, 0.6) is 0 Å². The Balaban J connectivity index is 1.27. The Labute approximate surface area is 247 Å². The van der Waals surface area contributed by atoms with Crippen molar-refractivity contribution in [1.29, 1.82) is 0 Å². The maximum Gasteiger partial charge on any atom is 0.261 e. The minimum atomic E-state index is -2.53. The van der Waals surface area contributed by atoms with Gasteiger partial charge in [-0.3, -0.25) is 4.90 Å². The molecule has 3 saturated heterocycles. The summed E-state index contributed by atoms with van der Waals surface area (Å²) in [6.07, 6.45) is 5.06. The Morgan fingerprint density at radius 2 is 1.24 bits per heavy atom. The van der Waals surface area contributed by atoms with Crippen LogP contribution >= 0.6 is 0 Å². The van der Waals surface area contributed by atoms with Gasteiger partial charge in [0, 0.05) is 12.6 Å². The highest BCUT2D eigenvalue weighted by Crippen LogP contribution is 2.41. The van der Waals surface area contributed by atoms with Crippen molar-refractivity contribution in [1.82, 2.24) is 4.90 Å². The summed E-state index contributed by atoms with van der Waals surface area (Å²) in [5, 5.41) is 2.74. The van der Waals surface area contributed by atoms with Gasteiger partial charge < -0.3 is 4.43 Å². The van der Waals surface area contributed by atoms with E-state index in [0.717, 1.165) is 13.2 Å². The van der Waals surface area contributed by atoms with Gasteiger partial charge in [-0.15, -0.1) is 0 Å². The van der Waals surface area contributed by atoms with Gasteiger partial charge >= 0.3 is 0 Å². The fraction of sp³-hybridized carbons (Fsp3) is 0.316. The van der Waals surface area contributed by atoms with Crippen LogP contribution in [0, 0.1) is 11.8 Å². The molecule has 0 N–H and O–H groups in total. The van der Waals surface area contributed by atoms with Crippen molar-refractivity contribution in [2.75, 3.05) is 19.7 Å². The Morgan fingerprint density at radius 3 is 1.68 bits per heavy atom. The molecular formula is C38H43NOSi. The average Bonchev–Trinajstić information content (AvgIpc) is 3.02. The van der Waals surface area contributed by atoms with E-state index in [9.17, 15) is 0 Å². The molecule has 0 aliphatic carbocycles. The zero-order chi connectivity index (χ0) is 28.3. The lowest BCUT2D eigenvalue weighted by Gasteiger charge is -2.51. The first-order chi connectivity index (χ1) is 20.0. The van der Waals surface area contributed by atoms with Crippen LogP contribution in [0.2, 0.25) is 5.04 Å². The maximum atomic E-state index is 7.40. The predicted molar refractivity (Wildman–Crippen MR) is 175 cm³/mol. The number of nitrogens with zero attached hydrogens (tertiary/aromatic N) is 1. The molecule has 41 heavy (non-hydrogen) atoms. The van der Waals surface area contributed by atoms with Crippen molar-refractivity contribution < 1.29 is 4.43 Å². The molecule has 1 unspecified atom stereocenters. The Bertz CT molecular complexity index is 1350. The molecule has 3 aliphatic rings. The van der Waals surface area contributed by atoms with Crippen molar-refractivity contribution in [2.24, 2.45) is 11.8 Å². The van der Waals surface area contributed by atoms with E-state index in [2.05, 4.69) is 153 Å². The molecule has 3 heteroatoms. The molecule has 210 valence electrons. The molecule has 0 radical (unpaired) electrons. The zero-order valence-electron chi connectivity index (χ0n) is 24.7. The monoisotopic (exact) mass is 557 g/mol. The normalized spacial score (nSPS) is 22.3. The third-order valence-corrected chi connectivity index (χ3v) is 14.4. The number of rotatable bonds is 8. The number of fused-ring (bicyclic) bond motifs is 3. The van der Waals surface area contributed by atoms with E-state index in [-0.39, 0.29) is 5.04 Å². The molecule has 0 amide bonds. The Hall–Kier alpha value is -3.24. The quantitative estimate of drug-likeness (QED) is 0.209. The van der Waals surface area contributed by atoms with Crippen LogP contribution in [0.1, 0.15) is 44.7 Å². The number of hydrogen-bond acceptors (Lipinski definition) is 2. The van der Waals surface area contributed by atoms with Gasteiger partial charge in [-0.25, -0.2) is 0 Å². The van der Waals surface area contributed by atoms with E-state index >= 15 is 0 Å². The van der Waals surface area contributed by atoms with Gasteiger partial charge in [-0.1, -0.05) is 148 Å². The van der Waals surface area contributed by atoms with Crippen LogP contribution in [0.15, 0.2) is 127 Å². The standard InChI is InChI=1S/C38H43NOSi/c1-38(2,3)41(35-20-12-6-13-21-35,36-22-14-7-15-23-36)40-29-34-26-32-24-25-39(34)28-33(32)27-37(30-16-8-4-9-17-30)31-18-10-5-11-19-31/h4-23,27,32-34H,24-26,28-29H2,1-3H3/t32-,33+,34-/m0/s1. The van der Waals surface area contributed by atoms with Crippen LogP contribution in [0.3, 0.4) is 0 Å². The van der Waals surface area contributed by atoms with E-state index in [0.29, 0.717) is 17.9 Å². The molecule has 7 rings (SSSR count). The summed E-state index contributed by atoms with van der Waals surface area (Å²) in [6, 6.07) is 44.4. The molecule has 3 fully saturated rings. The van der Waals surface area contributed by atoms with Crippen molar-refractivity contribution in [2.45, 2.75) is 44.7 Å². The van der Waals surface area contributed by atoms with Gasteiger partial charge in [-0.2, -0.15) is 0 Å². The lowest BCUT2D eigenvalue weighted by atomic mass is 9.74. The van der Waals surface area contributed by atoms with Crippen molar-refractivity contribution >= 4 is 24.3 Å². The second-order valence-electron chi connectivity index (χ2n) is 12.9. The summed E-state index contributed by atoms with van der Waals surface area (Å²) >= 11 is 0. The highest BCUT2D eigenvalue weighted by Gasteiger charge is 2.51. The third kappa shape index (κ3) is 5.64. The minimum absolute atomic E-state index is 0.00423. The average molecular weight is 558 g/mol. The van der Waals surface area contributed by atoms with Gasteiger partial charge in [0.25, 0.3) is 8.32 Å². The molecule has 2 bridgehead atoms. The minimum Gasteiger partial charge on any atom is -0.406 e. The molecule has 4 aromatic rings. The topological polar surface area (TPSA) is 12.5 Å². The second-order valence-corrected chi connectivity index (χ2v) is 17.2. The summed E-state index contributed by atoms with van der Waals surface area (Å²) in [7, 11) is -2.53. The van der Waals surface area contributed by atoms with Crippen LogP contribution in [0.4, 0.5) is 0 Å². The first-order valence-electron chi connectivity index (χ1n) is 15.3. The molecule has 4 atom stereocenters. The summed E-state index contributed by atoms with van der Waals surface area (Å²) in [4.78, 5) is 2.73. The van der Waals surface area contributed by atoms with Gasteiger partial charge in [-0.05, 0) is 63.3 Å². The van der Waals surface area contributed by atoms with Crippen LogP contribution < -0.4 is 10.4 Å². The Morgan fingerprint density at radius 1 is 0.756 bits per heavy atom. The number of benzene rings is 4. The fourth-order valence-electron chi connectivity index (χ4n) is 7.33. The van der Waals surface area contributed by atoms with E-state index in [1.54, 1.807) is 0 Å². The van der Waals surface area contributed by atoms with E-state index in [1.807, 2.05) is 0 Å². The first kappa shape index (κ1) is 27.9. The van der Waals surface area contributed by atoms with Crippen molar-refractivity contribution in [3.63, 3.8) is 0 Å². The van der Waals surface area contributed by atoms with E-state index < -0.39 is 8.32 Å². The zero-order valence-corrected chi connectivity index (χ0v) is 25.7. The highest BCUT2D eigenvalue weighted by atomic mass is 28.4. The predicted octanol–water partition coefficient (Wildman–Crippen LogP) is 7.41. The second kappa shape index (κ2) is 11.9. The summed E-state index contributed by atoms with van der Waals surface area (Å²) in [5.41, 5.74) is 3.98. The summed E-state index contributed by atoms with van der Waals surface area (Å²) < 4.78 is 7.40. The maximum absolute atomic E-state index is 7.40. The van der Waals surface area contributed by atoms with Crippen LogP contribution in [0.25, 0.3) is 5.57 Å². The smallest absolute Gasteiger partial charge is 0.261 e. The molecule has 3 aliphatic heterocycles. The summed E-state index contributed by atoms with van der Waals surface area (Å²) in [5.74, 6) is 1.25. The molecular weight excluding hydrogens is 515 g/mol.